The number of methoxy groups -OCH3 is 3. The monoisotopic (exact) mass is 600 g/mol. The number of β-amino-alcohol motifs (C(OH)–C–C–N with tert-alkyl or cyclic N) is 1. The SMILES string of the molecule is C.C=CC[C@@H]1[C@@H](OC)CN(C(=O)OC(C)(C)C)[C@@H]1C(=O)OC.C=CC[C@H]1[C@@H](C(=O)OC)N(C(=O)OC(C)(C)C)C[C@@H]1O. The fourth-order valence-electron chi connectivity index (χ4n) is 4.83. The lowest BCUT2D eigenvalue weighted by Gasteiger charge is -2.28. The molecule has 2 heterocycles. The number of hydrogen-bond acceptors (Lipinski definition) is 10. The topological polar surface area (TPSA) is 141 Å². The van der Waals surface area contributed by atoms with Gasteiger partial charge in [0.05, 0.1) is 39.5 Å². The van der Waals surface area contributed by atoms with Gasteiger partial charge in [-0.2, -0.15) is 0 Å². The Bertz CT molecular complexity index is 939. The first kappa shape index (κ1) is 38.9. The third kappa shape index (κ3) is 10.6. The molecule has 242 valence electrons. The summed E-state index contributed by atoms with van der Waals surface area (Å²) < 4.78 is 25.6. The second kappa shape index (κ2) is 16.5. The van der Waals surface area contributed by atoms with Crippen LogP contribution in [0.5, 0.6) is 0 Å². The van der Waals surface area contributed by atoms with Gasteiger partial charge in [-0.05, 0) is 54.4 Å². The van der Waals surface area contributed by atoms with Crippen LogP contribution in [0.25, 0.3) is 0 Å². The molecule has 0 saturated carbocycles. The zero-order valence-electron chi connectivity index (χ0n) is 25.9. The van der Waals surface area contributed by atoms with Gasteiger partial charge in [0.25, 0.3) is 0 Å². The Kier molecular flexibility index (Phi) is 15.3. The van der Waals surface area contributed by atoms with E-state index in [-0.39, 0.29) is 26.0 Å². The van der Waals surface area contributed by atoms with Crippen molar-refractivity contribution < 1.29 is 48.0 Å². The van der Waals surface area contributed by atoms with Crippen LogP contribution < -0.4 is 0 Å². The van der Waals surface area contributed by atoms with Crippen molar-refractivity contribution in [1.82, 2.24) is 9.80 Å². The van der Waals surface area contributed by atoms with Crippen LogP contribution in [0.3, 0.4) is 0 Å². The minimum absolute atomic E-state index is 0. The molecule has 0 aromatic rings. The number of allylic oxidation sites excluding steroid dienone is 2. The molecule has 2 fully saturated rings. The van der Waals surface area contributed by atoms with Crippen LogP contribution in [0.2, 0.25) is 0 Å². The molecule has 42 heavy (non-hydrogen) atoms. The van der Waals surface area contributed by atoms with E-state index >= 15 is 0 Å². The number of nitrogens with zero attached hydrogens (tertiary/aromatic N) is 2. The quantitative estimate of drug-likeness (QED) is 0.259. The molecule has 1 N–H and O–H groups in total. The van der Waals surface area contributed by atoms with Crippen LogP contribution in [0.4, 0.5) is 9.59 Å². The average Bonchev–Trinajstić information content (AvgIpc) is 3.40. The number of carbonyl (C=O) groups is 4. The van der Waals surface area contributed by atoms with Crippen molar-refractivity contribution in [1.29, 1.82) is 0 Å². The third-order valence-electron chi connectivity index (χ3n) is 6.54. The Morgan fingerprint density at radius 1 is 0.762 bits per heavy atom. The number of carbonyl (C=O) groups excluding carboxylic acids is 4. The van der Waals surface area contributed by atoms with E-state index in [1.165, 1.54) is 24.0 Å². The summed E-state index contributed by atoms with van der Waals surface area (Å²) in [6, 6.07) is -1.56. The highest BCUT2D eigenvalue weighted by molar-refractivity contribution is 5.83. The second-order valence-electron chi connectivity index (χ2n) is 11.9. The van der Waals surface area contributed by atoms with Gasteiger partial charge in [0.1, 0.15) is 23.3 Å². The smallest absolute Gasteiger partial charge is 0.411 e. The number of amides is 2. The Hall–Kier alpha value is -3.12. The summed E-state index contributed by atoms with van der Waals surface area (Å²) in [5.74, 6) is -1.63. The molecule has 2 amide bonds. The summed E-state index contributed by atoms with van der Waals surface area (Å²) in [6.07, 6.45) is 2.08. The zero-order chi connectivity index (χ0) is 31.7. The van der Waals surface area contributed by atoms with E-state index in [1.807, 2.05) is 0 Å². The molecule has 12 heteroatoms. The fraction of sp³-hybridized carbons (Fsp3) is 0.733. The molecule has 0 aromatic heterocycles. The van der Waals surface area contributed by atoms with Gasteiger partial charge in [-0.3, -0.25) is 9.80 Å². The maximum Gasteiger partial charge on any atom is 0.411 e. The summed E-state index contributed by atoms with van der Waals surface area (Å²) >= 11 is 0. The van der Waals surface area contributed by atoms with Crippen LogP contribution >= 0.6 is 0 Å². The third-order valence-corrected chi connectivity index (χ3v) is 6.54. The van der Waals surface area contributed by atoms with E-state index in [4.69, 9.17) is 23.7 Å². The van der Waals surface area contributed by atoms with E-state index in [9.17, 15) is 24.3 Å². The highest BCUT2D eigenvalue weighted by atomic mass is 16.6. The average molecular weight is 601 g/mol. The normalized spacial score (nSPS) is 25.3. The van der Waals surface area contributed by atoms with Gasteiger partial charge in [-0.15, -0.1) is 13.2 Å². The number of likely N-dealkylation sites (tertiary alicyclic amines) is 2. The van der Waals surface area contributed by atoms with Crippen molar-refractivity contribution in [3.05, 3.63) is 25.3 Å². The molecular weight excluding hydrogens is 548 g/mol. The first-order valence-corrected chi connectivity index (χ1v) is 13.5. The van der Waals surface area contributed by atoms with Gasteiger partial charge in [-0.25, -0.2) is 19.2 Å². The number of aliphatic hydroxyl groups excluding tert-OH is 1. The molecule has 0 unspecified atom stereocenters. The molecule has 6 atom stereocenters. The highest BCUT2D eigenvalue weighted by Gasteiger charge is 2.50. The van der Waals surface area contributed by atoms with Crippen molar-refractivity contribution in [2.24, 2.45) is 11.8 Å². The van der Waals surface area contributed by atoms with Gasteiger partial charge < -0.3 is 28.8 Å². The first-order chi connectivity index (χ1) is 19.0. The molecule has 0 bridgehead atoms. The maximum absolute atomic E-state index is 12.3. The molecule has 0 radical (unpaired) electrons. The van der Waals surface area contributed by atoms with E-state index in [2.05, 4.69) is 13.2 Å². The Morgan fingerprint density at radius 2 is 1.14 bits per heavy atom. The van der Waals surface area contributed by atoms with Gasteiger partial charge >= 0.3 is 24.1 Å². The Balaban J connectivity index is 0.000000783. The summed E-state index contributed by atoms with van der Waals surface area (Å²) in [7, 11) is 4.12. The number of aliphatic hydroxyl groups is 1. The lowest BCUT2D eigenvalue weighted by atomic mass is 9.94. The van der Waals surface area contributed by atoms with Gasteiger partial charge in [0, 0.05) is 18.9 Å². The minimum Gasteiger partial charge on any atom is -0.467 e. The van der Waals surface area contributed by atoms with Crippen LogP contribution in [-0.2, 0) is 33.3 Å². The van der Waals surface area contributed by atoms with Gasteiger partial charge in [0.2, 0.25) is 0 Å². The van der Waals surface area contributed by atoms with Gasteiger partial charge in [-0.1, -0.05) is 19.6 Å². The summed E-state index contributed by atoms with van der Waals surface area (Å²) in [5.41, 5.74) is -1.30. The lowest BCUT2D eigenvalue weighted by Crippen LogP contribution is -2.46. The molecular formula is C30H52N2O10. The second-order valence-corrected chi connectivity index (χ2v) is 11.9. The Labute approximate surface area is 250 Å². The number of ether oxygens (including phenoxy) is 5. The summed E-state index contributed by atoms with van der Waals surface area (Å²) in [4.78, 5) is 51.1. The van der Waals surface area contributed by atoms with Crippen molar-refractivity contribution in [3.63, 3.8) is 0 Å². The summed E-state index contributed by atoms with van der Waals surface area (Å²) in [6.45, 7) is 18.2. The predicted molar refractivity (Wildman–Crippen MR) is 158 cm³/mol. The standard InChI is InChI=1S/C15H25NO5.C14H23NO5.CH4/c1-7-8-10-11(19-5)9-16(12(10)13(17)20-6)14(18)21-15(2,3)4;1-6-7-9-10(16)8-15(11(9)12(17)19-5)13(18)20-14(2,3)4;/h7,10-12H,1,8-9H2,2-6H3;6,9-11,16H,1,7-8H2,2-5H3;1H4/t10-,11+,12+;9-,10+,11+;/m11./s1. The number of esters is 2. The molecule has 2 saturated heterocycles. The molecule has 0 aromatic carbocycles. The van der Waals surface area contributed by atoms with Crippen LogP contribution in [0.15, 0.2) is 25.3 Å². The van der Waals surface area contributed by atoms with E-state index < -0.39 is 59.4 Å². The van der Waals surface area contributed by atoms with E-state index in [0.29, 0.717) is 19.4 Å². The lowest BCUT2D eigenvalue weighted by molar-refractivity contribution is -0.148. The number of hydrogen-bond donors (Lipinski definition) is 1. The van der Waals surface area contributed by atoms with Crippen LogP contribution in [-0.4, -0.2) is 109 Å². The number of rotatable bonds is 7. The van der Waals surface area contributed by atoms with Crippen molar-refractivity contribution >= 4 is 24.1 Å². The molecule has 2 aliphatic heterocycles. The largest absolute Gasteiger partial charge is 0.467 e. The minimum atomic E-state index is -0.845. The Morgan fingerprint density at radius 3 is 1.50 bits per heavy atom. The molecule has 2 rings (SSSR count). The van der Waals surface area contributed by atoms with E-state index in [0.717, 1.165) is 0 Å². The fourth-order valence-corrected chi connectivity index (χ4v) is 4.83. The van der Waals surface area contributed by atoms with Gasteiger partial charge in [0.15, 0.2) is 0 Å². The zero-order valence-corrected chi connectivity index (χ0v) is 25.9. The molecule has 2 aliphatic rings. The van der Waals surface area contributed by atoms with Crippen molar-refractivity contribution in [2.45, 2.75) is 97.3 Å². The van der Waals surface area contributed by atoms with Crippen LogP contribution in [0, 0.1) is 11.8 Å². The van der Waals surface area contributed by atoms with Crippen molar-refractivity contribution in [3.8, 4) is 0 Å². The van der Waals surface area contributed by atoms with E-state index in [1.54, 1.807) is 60.8 Å². The highest BCUT2D eigenvalue weighted by Crippen LogP contribution is 2.32. The first-order valence-electron chi connectivity index (χ1n) is 13.5. The molecule has 0 spiro atoms. The molecule has 0 aliphatic carbocycles. The van der Waals surface area contributed by atoms with Crippen molar-refractivity contribution in [2.75, 3.05) is 34.4 Å². The maximum atomic E-state index is 12.3. The van der Waals surface area contributed by atoms with Crippen LogP contribution in [0.1, 0.15) is 61.8 Å². The summed E-state index contributed by atoms with van der Waals surface area (Å²) in [5, 5.41) is 10.0. The predicted octanol–water partition coefficient (Wildman–Crippen LogP) is 3.95. The molecule has 12 nitrogen and oxygen atoms in total.